The maximum absolute atomic E-state index is 12.5. The monoisotopic (exact) mass is 341 g/mol. The lowest BCUT2D eigenvalue weighted by atomic mass is 9.95. The van der Waals surface area contributed by atoms with Crippen LogP contribution in [-0.2, 0) is 9.53 Å². The molecule has 124 valence electrons. The third kappa shape index (κ3) is 3.23. The Morgan fingerprint density at radius 1 is 1.38 bits per heavy atom. The number of carbonyl (C=O) groups is 1. The van der Waals surface area contributed by atoms with E-state index in [4.69, 9.17) is 9.73 Å². The Hall–Kier alpha value is -2.47. The highest BCUT2D eigenvalue weighted by Crippen LogP contribution is 2.32. The molecule has 0 bridgehead atoms. The number of amidine groups is 1. The molecule has 0 saturated carbocycles. The number of benzene rings is 1. The van der Waals surface area contributed by atoms with Gasteiger partial charge in [0.1, 0.15) is 11.7 Å². The molecule has 1 aliphatic rings. The number of nitrogens with one attached hydrogen (secondary N) is 1. The number of thiazole rings is 1. The van der Waals surface area contributed by atoms with E-state index in [1.54, 1.807) is 12.4 Å². The molecule has 0 radical (unpaired) electrons. The third-order valence-corrected chi connectivity index (χ3v) is 4.36. The zero-order chi connectivity index (χ0) is 17.1. The average molecular weight is 341 g/mol. The van der Waals surface area contributed by atoms with Gasteiger partial charge in [0.2, 0.25) is 0 Å². The minimum absolute atomic E-state index is 0.332. The Balaban J connectivity index is 2.08. The van der Waals surface area contributed by atoms with Crippen LogP contribution >= 0.6 is 11.3 Å². The molecule has 1 aliphatic heterocycles. The third-order valence-electron chi connectivity index (χ3n) is 3.77. The summed E-state index contributed by atoms with van der Waals surface area (Å²) in [6.45, 7) is 6.03. The normalized spacial score (nSPS) is 17.3. The van der Waals surface area contributed by atoms with Crippen LogP contribution in [0.15, 0.2) is 51.4 Å². The van der Waals surface area contributed by atoms with E-state index < -0.39 is 6.04 Å². The van der Waals surface area contributed by atoms with E-state index in [1.165, 1.54) is 11.3 Å². The second-order valence-electron chi connectivity index (χ2n) is 5.55. The lowest BCUT2D eigenvalue weighted by Crippen LogP contribution is -2.33. The zero-order valence-corrected chi connectivity index (χ0v) is 14.7. The van der Waals surface area contributed by atoms with Gasteiger partial charge in [-0.05, 0) is 26.3 Å². The number of nitrogens with zero attached hydrogens (tertiary/aromatic N) is 2. The molecule has 0 spiro atoms. The van der Waals surface area contributed by atoms with E-state index in [0.717, 1.165) is 22.5 Å². The molecule has 2 aromatic rings. The molecule has 1 atom stereocenters. The molecule has 1 N–H and O–H groups in total. The highest BCUT2D eigenvalue weighted by atomic mass is 32.1. The lowest BCUT2D eigenvalue weighted by molar-refractivity contribution is -0.138. The topological polar surface area (TPSA) is 63.6 Å². The van der Waals surface area contributed by atoms with Crippen LogP contribution in [0.4, 0.5) is 0 Å². The summed E-state index contributed by atoms with van der Waals surface area (Å²) >= 11 is 1.51. The largest absolute Gasteiger partial charge is 0.463 e. The van der Waals surface area contributed by atoms with Gasteiger partial charge < -0.3 is 10.1 Å². The predicted molar refractivity (Wildman–Crippen MR) is 95.0 cm³/mol. The fourth-order valence-electron chi connectivity index (χ4n) is 2.69. The van der Waals surface area contributed by atoms with Gasteiger partial charge in [-0.2, -0.15) is 0 Å². The average Bonchev–Trinajstić information content (AvgIpc) is 3.08. The van der Waals surface area contributed by atoms with Crippen LogP contribution in [0.25, 0.3) is 0 Å². The molecule has 1 aromatic carbocycles. The van der Waals surface area contributed by atoms with Crippen LogP contribution < -0.4 is 5.32 Å². The van der Waals surface area contributed by atoms with Crippen LogP contribution in [0.5, 0.6) is 0 Å². The van der Waals surface area contributed by atoms with Gasteiger partial charge in [-0.25, -0.2) is 9.78 Å². The minimum Gasteiger partial charge on any atom is -0.463 e. The van der Waals surface area contributed by atoms with E-state index in [0.29, 0.717) is 18.0 Å². The Kier molecular flexibility index (Phi) is 4.76. The minimum atomic E-state index is -0.401. The fraction of sp³-hybridized carbons (Fsp3) is 0.278. The molecule has 2 heterocycles. The van der Waals surface area contributed by atoms with Crippen molar-refractivity contribution in [2.24, 2.45) is 4.99 Å². The van der Waals surface area contributed by atoms with E-state index >= 15 is 0 Å². The predicted octanol–water partition coefficient (Wildman–Crippen LogP) is 3.38. The van der Waals surface area contributed by atoms with Gasteiger partial charge in [-0.3, -0.25) is 4.99 Å². The van der Waals surface area contributed by atoms with Crippen molar-refractivity contribution < 1.29 is 9.53 Å². The first kappa shape index (κ1) is 16.4. The summed E-state index contributed by atoms with van der Waals surface area (Å²) in [6, 6.07) is 7.63. The number of aryl methyl sites for hydroxylation is 1. The fourth-order valence-corrected chi connectivity index (χ4v) is 3.23. The zero-order valence-electron chi connectivity index (χ0n) is 13.9. The maximum Gasteiger partial charge on any atom is 0.338 e. The van der Waals surface area contributed by atoms with Gasteiger partial charge in [0.15, 0.2) is 5.84 Å². The Bertz CT molecular complexity index is 809. The van der Waals surface area contributed by atoms with Crippen LogP contribution in [-0.4, -0.2) is 23.4 Å². The van der Waals surface area contributed by atoms with Gasteiger partial charge in [-0.15, -0.1) is 11.3 Å². The van der Waals surface area contributed by atoms with Gasteiger partial charge >= 0.3 is 5.97 Å². The van der Waals surface area contributed by atoms with Crippen molar-refractivity contribution in [2.45, 2.75) is 26.8 Å². The molecule has 5 nitrogen and oxygen atoms in total. The number of aromatic nitrogens is 1. The molecule has 1 unspecified atom stereocenters. The number of hydrogen-bond donors (Lipinski definition) is 1. The first-order valence-corrected chi connectivity index (χ1v) is 8.72. The molecule has 24 heavy (non-hydrogen) atoms. The smallest absolute Gasteiger partial charge is 0.338 e. The molecule has 0 aliphatic carbocycles. The summed E-state index contributed by atoms with van der Waals surface area (Å²) in [5.74, 6) is 0.336. The number of carbonyl (C=O) groups excluding carboxylic acids is 1. The SMILES string of the molecule is CCOC(=O)C1=C(C)NC(c2cscn2)=NC1c1cccc(C)c1. The summed E-state index contributed by atoms with van der Waals surface area (Å²) in [4.78, 5) is 21.5. The number of allylic oxidation sites excluding steroid dienone is 1. The van der Waals surface area contributed by atoms with Crippen LogP contribution in [0.3, 0.4) is 0 Å². The first-order chi connectivity index (χ1) is 11.6. The second kappa shape index (κ2) is 6.97. The van der Waals surface area contributed by atoms with E-state index in [9.17, 15) is 4.79 Å². The van der Waals surface area contributed by atoms with E-state index in [1.807, 2.05) is 43.5 Å². The number of hydrogen-bond acceptors (Lipinski definition) is 6. The Morgan fingerprint density at radius 2 is 2.21 bits per heavy atom. The molecule has 1 aromatic heterocycles. The number of esters is 1. The summed E-state index contributed by atoms with van der Waals surface area (Å²) in [7, 11) is 0. The highest BCUT2D eigenvalue weighted by molar-refractivity contribution is 7.07. The summed E-state index contributed by atoms with van der Waals surface area (Å²) in [5.41, 5.74) is 5.92. The van der Waals surface area contributed by atoms with Crippen molar-refractivity contribution in [3.05, 3.63) is 63.2 Å². The number of ether oxygens (including phenoxy) is 1. The van der Waals surface area contributed by atoms with Crippen molar-refractivity contribution in [3.8, 4) is 0 Å². The summed E-state index contributed by atoms with van der Waals surface area (Å²) < 4.78 is 5.24. The molecule has 3 rings (SSSR count). The van der Waals surface area contributed by atoms with Gasteiger partial charge in [0.05, 0.1) is 17.7 Å². The quantitative estimate of drug-likeness (QED) is 0.866. The first-order valence-electron chi connectivity index (χ1n) is 7.78. The maximum atomic E-state index is 12.5. The van der Waals surface area contributed by atoms with Crippen molar-refractivity contribution >= 4 is 23.1 Å². The van der Waals surface area contributed by atoms with Gasteiger partial charge in [0.25, 0.3) is 0 Å². The van der Waals surface area contributed by atoms with Gasteiger partial charge in [0, 0.05) is 11.1 Å². The van der Waals surface area contributed by atoms with Crippen molar-refractivity contribution in [3.63, 3.8) is 0 Å². The molecule has 6 heteroatoms. The molecule has 0 amide bonds. The second-order valence-corrected chi connectivity index (χ2v) is 6.27. The summed E-state index contributed by atoms with van der Waals surface area (Å²) in [6.07, 6.45) is 0. The lowest BCUT2D eigenvalue weighted by Gasteiger charge is -2.25. The van der Waals surface area contributed by atoms with Crippen molar-refractivity contribution in [1.82, 2.24) is 10.3 Å². The molecule has 0 fully saturated rings. The van der Waals surface area contributed by atoms with Crippen LogP contribution in [0.2, 0.25) is 0 Å². The number of rotatable bonds is 4. The Morgan fingerprint density at radius 3 is 2.88 bits per heavy atom. The van der Waals surface area contributed by atoms with E-state index in [-0.39, 0.29) is 5.97 Å². The highest BCUT2D eigenvalue weighted by Gasteiger charge is 2.31. The molecule has 0 saturated heterocycles. The Labute approximate surface area is 145 Å². The standard InChI is InChI=1S/C18H19N3O2S/c1-4-23-18(22)15-12(3)20-17(14-9-24-10-19-14)21-16(15)13-7-5-6-11(2)8-13/h5-10,16H,4H2,1-3H3,(H,20,21). The number of aliphatic imine (C=N–C) groups is 1. The van der Waals surface area contributed by atoms with Crippen molar-refractivity contribution in [2.75, 3.05) is 6.61 Å². The summed E-state index contributed by atoms with van der Waals surface area (Å²) in [5, 5.41) is 5.13. The molecular formula is C18H19N3O2S. The van der Waals surface area contributed by atoms with Gasteiger partial charge in [-0.1, -0.05) is 29.8 Å². The van der Waals surface area contributed by atoms with E-state index in [2.05, 4.69) is 10.3 Å². The molecular weight excluding hydrogens is 322 g/mol. The van der Waals surface area contributed by atoms with Crippen molar-refractivity contribution in [1.29, 1.82) is 0 Å². The van der Waals surface area contributed by atoms with Crippen LogP contribution in [0.1, 0.15) is 36.7 Å². The van der Waals surface area contributed by atoms with Crippen LogP contribution in [0, 0.1) is 6.92 Å².